The molecule has 19 heavy (non-hydrogen) atoms. The van der Waals surface area contributed by atoms with Gasteiger partial charge in [0.15, 0.2) is 0 Å². The van der Waals surface area contributed by atoms with Crippen molar-refractivity contribution in [2.75, 3.05) is 5.32 Å². The van der Waals surface area contributed by atoms with Crippen molar-refractivity contribution in [3.8, 4) is 0 Å². The molecule has 0 aliphatic rings. The first-order chi connectivity index (χ1) is 8.95. The van der Waals surface area contributed by atoms with Gasteiger partial charge in [-0.25, -0.2) is 4.79 Å². The maximum absolute atomic E-state index is 12.0. The Morgan fingerprint density at radius 1 is 1.26 bits per heavy atom. The molecule has 0 aromatic heterocycles. The molecule has 1 atom stereocenters. The predicted octanol–water partition coefficient (Wildman–Crippen LogP) is 4.43. The molecule has 1 aromatic carbocycles. The molecule has 2 N–H and O–H groups in total. The van der Waals surface area contributed by atoms with E-state index in [2.05, 4.69) is 37.5 Å². The summed E-state index contributed by atoms with van der Waals surface area (Å²) in [7, 11) is 0. The van der Waals surface area contributed by atoms with Gasteiger partial charge in [-0.2, -0.15) is 0 Å². The van der Waals surface area contributed by atoms with Crippen molar-refractivity contribution >= 4 is 11.7 Å². The first-order valence-corrected chi connectivity index (χ1v) is 7.12. The summed E-state index contributed by atoms with van der Waals surface area (Å²) in [6.07, 6.45) is 2.07. The fraction of sp³-hybridized carbons (Fsp3) is 0.562. The van der Waals surface area contributed by atoms with Gasteiger partial charge in [-0.1, -0.05) is 45.4 Å². The second kappa shape index (κ2) is 7.17. The van der Waals surface area contributed by atoms with Crippen LogP contribution in [-0.4, -0.2) is 12.1 Å². The SMILES string of the molecule is CCC[C@@H](C)NC(=O)Nc1c(C)cccc1C(C)C. The Morgan fingerprint density at radius 2 is 1.95 bits per heavy atom. The van der Waals surface area contributed by atoms with Crippen LogP contribution in [-0.2, 0) is 0 Å². The smallest absolute Gasteiger partial charge is 0.319 e. The molecule has 0 saturated carbocycles. The van der Waals surface area contributed by atoms with Crippen molar-refractivity contribution in [3.63, 3.8) is 0 Å². The molecule has 3 nitrogen and oxygen atoms in total. The Labute approximate surface area is 116 Å². The lowest BCUT2D eigenvalue weighted by molar-refractivity contribution is 0.248. The van der Waals surface area contributed by atoms with E-state index in [1.165, 1.54) is 5.56 Å². The Hall–Kier alpha value is -1.51. The topological polar surface area (TPSA) is 41.1 Å². The molecule has 0 spiro atoms. The lowest BCUT2D eigenvalue weighted by atomic mass is 9.98. The molecule has 0 aliphatic heterocycles. The number of aryl methyl sites for hydroxylation is 1. The van der Waals surface area contributed by atoms with Gasteiger partial charge in [-0.3, -0.25) is 0 Å². The Kier molecular flexibility index (Phi) is 5.87. The average molecular weight is 262 g/mol. The minimum atomic E-state index is -0.114. The predicted molar refractivity (Wildman–Crippen MR) is 81.8 cm³/mol. The highest BCUT2D eigenvalue weighted by Gasteiger charge is 2.12. The zero-order chi connectivity index (χ0) is 14.4. The van der Waals surface area contributed by atoms with Crippen LogP contribution in [0, 0.1) is 6.92 Å². The van der Waals surface area contributed by atoms with Crippen molar-refractivity contribution in [2.45, 2.75) is 59.4 Å². The quantitative estimate of drug-likeness (QED) is 0.810. The van der Waals surface area contributed by atoms with Crippen LogP contribution in [0.25, 0.3) is 0 Å². The number of amides is 2. The number of urea groups is 1. The molecule has 0 saturated heterocycles. The second-order valence-electron chi connectivity index (χ2n) is 5.48. The van der Waals surface area contributed by atoms with E-state index < -0.39 is 0 Å². The number of para-hydroxylation sites is 1. The van der Waals surface area contributed by atoms with Gasteiger partial charge in [0.2, 0.25) is 0 Å². The molecule has 106 valence electrons. The van der Waals surface area contributed by atoms with Crippen molar-refractivity contribution in [2.24, 2.45) is 0 Å². The van der Waals surface area contributed by atoms with Gasteiger partial charge >= 0.3 is 6.03 Å². The van der Waals surface area contributed by atoms with E-state index in [9.17, 15) is 4.79 Å². The fourth-order valence-electron chi connectivity index (χ4n) is 2.22. The van der Waals surface area contributed by atoms with Crippen LogP contribution in [0.2, 0.25) is 0 Å². The van der Waals surface area contributed by atoms with Crippen LogP contribution in [0.4, 0.5) is 10.5 Å². The number of rotatable bonds is 5. The van der Waals surface area contributed by atoms with Gasteiger partial charge in [0.05, 0.1) is 0 Å². The summed E-state index contributed by atoms with van der Waals surface area (Å²) in [4.78, 5) is 12.0. The van der Waals surface area contributed by atoms with Crippen LogP contribution in [0.1, 0.15) is 57.6 Å². The zero-order valence-corrected chi connectivity index (χ0v) is 12.7. The lowest BCUT2D eigenvalue weighted by Crippen LogP contribution is -2.36. The third-order valence-electron chi connectivity index (χ3n) is 3.26. The van der Waals surface area contributed by atoms with Crippen LogP contribution in [0.5, 0.6) is 0 Å². The third kappa shape index (κ3) is 4.58. The highest BCUT2D eigenvalue weighted by molar-refractivity contribution is 5.91. The first kappa shape index (κ1) is 15.5. The second-order valence-corrected chi connectivity index (χ2v) is 5.48. The van der Waals surface area contributed by atoms with Gasteiger partial charge in [-0.15, -0.1) is 0 Å². The summed E-state index contributed by atoms with van der Waals surface area (Å²) in [6, 6.07) is 6.22. The van der Waals surface area contributed by atoms with E-state index in [0.717, 1.165) is 24.1 Å². The molecule has 0 radical (unpaired) electrons. The molecule has 0 aliphatic carbocycles. The molecular weight excluding hydrogens is 236 g/mol. The van der Waals surface area contributed by atoms with Crippen LogP contribution < -0.4 is 10.6 Å². The Morgan fingerprint density at radius 3 is 2.53 bits per heavy atom. The van der Waals surface area contributed by atoms with Gasteiger partial charge in [0.1, 0.15) is 0 Å². The number of carbonyl (C=O) groups excluding carboxylic acids is 1. The van der Waals surface area contributed by atoms with E-state index >= 15 is 0 Å². The van der Waals surface area contributed by atoms with E-state index in [-0.39, 0.29) is 12.1 Å². The van der Waals surface area contributed by atoms with E-state index in [0.29, 0.717) is 5.92 Å². The normalized spacial score (nSPS) is 12.3. The number of hydrogen-bond donors (Lipinski definition) is 2. The molecule has 2 amide bonds. The number of carbonyl (C=O) groups is 1. The van der Waals surface area contributed by atoms with Crippen molar-refractivity contribution < 1.29 is 4.79 Å². The van der Waals surface area contributed by atoms with Gasteiger partial charge in [0.25, 0.3) is 0 Å². The summed E-state index contributed by atoms with van der Waals surface area (Å²) in [5.41, 5.74) is 3.22. The largest absolute Gasteiger partial charge is 0.335 e. The monoisotopic (exact) mass is 262 g/mol. The van der Waals surface area contributed by atoms with Crippen molar-refractivity contribution in [3.05, 3.63) is 29.3 Å². The molecule has 0 unspecified atom stereocenters. The maximum Gasteiger partial charge on any atom is 0.319 e. The maximum atomic E-state index is 12.0. The van der Waals surface area contributed by atoms with E-state index in [1.807, 2.05) is 26.0 Å². The molecule has 1 rings (SSSR count). The molecule has 0 fully saturated rings. The minimum Gasteiger partial charge on any atom is -0.335 e. The highest BCUT2D eigenvalue weighted by atomic mass is 16.2. The van der Waals surface area contributed by atoms with Crippen LogP contribution in [0.3, 0.4) is 0 Å². The zero-order valence-electron chi connectivity index (χ0n) is 12.7. The fourth-order valence-corrected chi connectivity index (χ4v) is 2.22. The molecule has 1 aromatic rings. The van der Waals surface area contributed by atoms with Crippen molar-refractivity contribution in [1.82, 2.24) is 5.32 Å². The third-order valence-corrected chi connectivity index (χ3v) is 3.26. The molecule has 0 bridgehead atoms. The Balaban J connectivity index is 2.79. The highest BCUT2D eigenvalue weighted by Crippen LogP contribution is 2.27. The van der Waals surface area contributed by atoms with Crippen LogP contribution >= 0.6 is 0 Å². The summed E-state index contributed by atoms with van der Waals surface area (Å²) in [5.74, 6) is 0.392. The number of hydrogen-bond acceptors (Lipinski definition) is 1. The van der Waals surface area contributed by atoms with E-state index in [1.54, 1.807) is 0 Å². The molecule has 3 heteroatoms. The number of nitrogens with one attached hydrogen (secondary N) is 2. The van der Waals surface area contributed by atoms with E-state index in [4.69, 9.17) is 0 Å². The minimum absolute atomic E-state index is 0.114. The molecular formula is C16H26N2O. The van der Waals surface area contributed by atoms with Crippen molar-refractivity contribution in [1.29, 1.82) is 0 Å². The standard InChI is InChI=1S/C16H26N2O/c1-6-8-13(5)17-16(19)18-15-12(4)9-7-10-14(15)11(2)3/h7,9-11,13H,6,8H2,1-5H3,(H2,17,18,19)/t13-/m1/s1. The number of anilines is 1. The number of benzene rings is 1. The van der Waals surface area contributed by atoms with Gasteiger partial charge in [-0.05, 0) is 37.3 Å². The average Bonchev–Trinajstić information content (AvgIpc) is 2.31. The summed E-state index contributed by atoms with van der Waals surface area (Å²) >= 11 is 0. The summed E-state index contributed by atoms with van der Waals surface area (Å²) < 4.78 is 0. The lowest BCUT2D eigenvalue weighted by Gasteiger charge is -2.18. The summed E-state index contributed by atoms with van der Waals surface area (Å²) in [5, 5.41) is 5.97. The van der Waals surface area contributed by atoms with Gasteiger partial charge < -0.3 is 10.6 Å². The first-order valence-electron chi connectivity index (χ1n) is 7.12. The molecule has 0 heterocycles. The van der Waals surface area contributed by atoms with Gasteiger partial charge in [0, 0.05) is 11.7 Å². The van der Waals surface area contributed by atoms with Crippen LogP contribution in [0.15, 0.2) is 18.2 Å². The summed E-state index contributed by atoms with van der Waals surface area (Å²) in [6.45, 7) is 10.4. The Bertz CT molecular complexity index is 427.